The highest BCUT2D eigenvalue weighted by Crippen LogP contribution is 2.47. The first-order valence-corrected chi connectivity index (χ1v) is 9.26. The van der Waals surface area contributed by atoms with Gasteiger partial charge in [0.25, 0.3) is 0 Å². The number of carbonyl (C=O) groups is 2. The van der Waals surface area contributed by atoms with Crippen LogP contribution in [0.1, 0.15) is 30.9 Å². The van der Waals surface area contributed by atoms with Gasteiger partial charge in [0.15, 0.2) is 0 Å². The minimum absolute atomic E-state index is 0.0136. The quantitative estimate of drug-likeness (QED) is 0.856. The van der Waals surface area contributed by atoms with Gasteiger partial charge < -0.3 is 15.5 Å². The van der Waals surface area contributed by atoms with Crippen LogP contribution in [0.2, 0.25) is 0 Å². The smallest absolute Gasteiger partial charge is 0.248 e. The maximum atomic E-state index is 14.7. The first kappa shape index (κ1) is 15.9. The number of nitrogens with zero attached hydrogens (tertiary/aromatic N) is 1. The molecule has 128 valence electrons. The Morgan fingerprint density at radius 2 is 2.29 bits per heavy atom. The third-order valence-corrected chi connectivity index (χ3v) is 6.72. The summed E-state index contributed by atoms with van der Waals surface area (Å²) in [5.41, 5.74) is 1.83. The summed E-state index contributed by atoms with van der Waals surface area (Å²) in [6.45, 7) is 3.39. The predicted molar refractivity (Wildman–Crippen MR) is 91.2 cm³/mol. The monoisotopic (exact) mass is 349 g/mol. The Morgan fingerprint density at radius 3 is 3.12 bits per heavy atom. The Bertz CT molecular complexity index is 726. The fourth-order valence-corrected chi connectivity index (χ4v) is 5.29. The summed E-state index contributed by atoms with van der Waals surface area (Å²) in [6, 6.07) is 2.95. The number of nitrogens with one attached hydrogen (secondary N) is 2. The number of rotatable bonds is 2. The first-order chi connectivity index (χ1) is 11.5. The lowest BCUT2D eigenvalue weighted by Crippen LogP contribution is -2.48. The number of benzene rings is 1. The van der Waals surface area contributed by atoms with Crippen LogP contribution >= 0.6 is 11.8 Å². The number of anilines is 1. The summed E-state index contributed by atoms with van der Waals surface area (Å²) >= 11 is 1.64. The number of amides is 2. The summed E-state index contributed by atoms with van der Waals surface area (Å²) in [4.78, 5) is 26.2. The van der Waals surface area contributed by atoms with Gasteiger partial charge in [0.05, 0.1) is 10.6 Å². The van der Waals surface area contributed by atoms with Gasteiger partial charge in [-0.2, -0.15) is 0 Å². The maximum absolute atomic E-state index is 14.7. The van der Waals surface area contributed by atoms with Crippen molar-refractivity contribution in [2.45, 2.75) is 43.6 Å². The van der Waals surface area contributed by atoms with Crippen molar-refractivity contribution < 1.29 is 14.0 Å². The Labute approximate surface area is 144 Å². The van der Waals surface area contributed by atoms with Crippen molar-refractivity contribution >= 4 is 29.3 Å². The normalized spacial score (nSPS) is 28.7. The second kappa shape index (κ2) is 5.74. The van der Waals surface area contributed by atoms with E-state index in [2.05, 4.69) is 10.6 Å². The third kappa shape index (κ3) is 2.41. The molecule has 0 spiro atoms. The van der Waals surface area contributed by atoms with Gasteiger partial charge in [-0.3, -0.25) is 9.59 Å². The average Bonchev–Trinajstić information content (AvgIpc) is 3.07. The molecule has 2 saturated heterocycles. The molecule has 1 aromatic rings. The fourth-order valence-electron chi connectivity index (χ4n) is 3.86. The molecule has 0 aromatic heterocycles. The van der Waals surface area contributed by atoms with Crippen LogP contribution in [0, 0.1) is 5.82 Å². The van der Waals surface area contributed by atoms with Gasteiger partial charge in [0.2, 0.25) is 11.8 Å². The van der Waals surface area contributed by atoms with Crippen LogP contribution in [0.15, 0.2) is 12.1 Å². The second-order valence-electron chi connectivity index (χ2n) is 6.75. The van der Waals surface area contributed by atoms with Crippen LogP contribution in [0.3, 0.4) is 0 Å². The molecule has 0 saturated carbocycles. The topological polar surface area (TPSA) is 61.4 Å². The van der Waals surface area contributed by atoms with Crippen molar-refractivity contribution in [3.8, 4) is 0 Å². The molecule has 2 unspecified atom stereocenters. The highest BCUT2D eigenvalue weighted by atomic mass is 32.2. The maximum Gasteiger partial charge on any atom is 0.248 e. The molecular formula is C17H20FN3O2S. The lowest BCUT2D eigenvalue weighted by molar-refractivity contribution is -0.135. The van der Waals surface area contributed by atoms with E-state index in [1.807, 2.05) is 13.0 Å². The van der Waals surface area contributed by atoms with Gasteiger partial charge in [-0.25, -0.2) is 4.39 Å². The number of hydrogen-bond donors (Lipinski definition) is 2. The molecule has 4 rings (SSSR count). The SMILES string of the molecule is CC12CCC(=O)N1C(C(=O)Nc1ccc3c(c1F)CCNC3)CS2. The van der Waals surface area contributed by atoms with E-state index in [0.717, 1.165) is 18.5 Å². The molecule has 5 nitrogen and oxygen atoms in total. The average molecular weight is 349 g/mol. The van der Waals surface area contributed by atoms with E-state index in [-0.39, 0.29) is 28.2 Å². The van der Waals surface area contributed by atoms with E-state index in [4.69, 9.17) is 0 Å². The van der Waals surface area contributed by atoms with Gasteiger partial charge in [-0.1, -0.05) is 6.07 Å². The lowest BCUT2D eigenvalue weighted by atomic mass is 9.99. The van der Waals surface area contributed by atoms with Gasteiger partial charge in [0, 0.05) is 18.7 Å². The van der Waals surface area contributed by atoms with Gasteiger partial charge in [-0.05, 0) is 43.5 Å². The summed E-state index contributed by atoms with van der Waals surface area (Å²) in [5, 5.41) is 5.92. The van der Waals surface area contributed by atoms with E-state index in [1.165, 1.54) is 0 Å². The minimum atomic E-state index is -0.521. The van der Waals surface area contributed by atoms with Gasteiger partial charge in [0.1, 0.15) is 11.9 Å². The molecule has 2 atom stereocenters. The van der Waals surface area contributed by atoms with E-state index in [0.29, 0.717) is 30.7 Å². The molecular weight excluding hydrogens is 329 g/mol. The molecule has 0 radical (unpaired) electrons. The van der Waals surface area contributed by atoms with Crippen LogP contribution in [-0.2, 0) is 22.6 Å². The van der Waals surface area contributed by atoms with Crippen LogP contribution < -0.4 is 10.6 Å². The Balaban J connectivity index is 1.56. The van der Waals surface area contributed by atoms with Gasteiger partial charge >= 0.3 is 0 Å². The third-order valence-electron chi connectivity index (χ3n) is 5.21. The largest absolute Gasteiger partial charge is 0.322 e. The lowest BCUT2D eigenvalue weighted by Gasteiger charge is -2.30. The molecule has 1 aromatic carbocycles. The van der Waals surface area contributed by atoms with Crippen molar-refractivity contribution in [2.75, 3.05) is 17.6 Å². The minimum Gasteiger partial charge on any atom is -0.322 e. The van der Waals surface area contributed by atoms with E-state index < -0.39 is 6.04 Å². The van der Waals surface area contributed by atoms with Crippen molar-refractivity contribution in [1.29, 1.82) is 0 Å². The van der Waals surface area contributed by atoms with Crippen molar-refractivity contribution in [2.24, 2.45) is 0 Å². The van der Waals surface area contributed by atoms with Crippen molar-refractivity contribution in [1.82, 2.24) is 10.2 Å². The predicted octanol–water partition coefficient (Wildman–Crippen LogP) is 1.86. The van der Waals surface area contributed by atoms with Crippen LogP contribution in [0.5, 0.6) is 0 Å². The van der Waals surface area contributed by atoms with E-state index >= 15 is 0 Å². The molecule has 2 fully saturated rings. The Morgan fingerprint density at radius 1 is 1.46 bits per heavy atom. The Hall–Kier alpha value is -1.60. The zero-order valence-electron chi connectivity index (χ0n) is 13.5. The molecule has 3 heterocycles. The molecule has 2 N–H and O–H groups in total. The summed E-state index contributed by atoms with van der Waals surface area (Å²) in [7, 11) is 0. The molecule has 3 aliphatic heterocycles. The van der Waals surface area contributed by atoms with Crippen LogP contribution in [0.25, 0.3) is 0 Å². The Kier molecular flexibility index (Phi) is 3.80. The molecule has 0 bridgehead atoms. The molecule has 7 heteroatoms. The summed E-state index contributed by atoms with van der Waals surface area (Å²) in [5.74, 6) is -0.0673. The van der Waals surface area contributed by atoms with Crippen LogP contribution in [0.4, 0.5) is 10.1 Å². The zero-order valence-corrected chi connectivity index (χ0v) is 14.3. The highest BCUT2D eigenvalue weighted by Gasteiger charge is 2.52. The first-order valence-electron chi connectivity index (χ1n) is 8.27. The number of halogens is 1. The van der Waals surface area contributed by atoms with Gasteiger partial charge in [-0.15, -0.1) is 11.8 Å². The van der Waals surface area contributed by atoms with Crippen LogP contribution in [-0.4, -0.2) is 39.9 Å². The highest BCUT2D eigenvalue weighted by molar-refractivity contribution is 8.01. The number of hydrogen-bond acceptors (Lipinski definition) is 4. The van der Waals surface area contributed by atoms with Crippen molar-refractivity contribution in [3.05, 3.63) is 29.1 Å². The van der Waals surface area contributed by atoms with E-state index in [9.17, 15) is 14.0 Å². The van der Waals surface area contributed by atoms with Crippen molar-refractivity contribution in [3.63, 3.8) is 0 Å². The summed E-state index contributed by atoms with van der Waals surface area (Å²) < 4.78 is 14.7. The standard InChI is InChI=1S/C17H20FN3O2S/c1-17-6-4-14(22)21(17)13(9-24-17)16(23)20-12-3-2-10-8-19-7-5-11(10)15(12)18/h2-3,13,19H,4-9H2,1H3,(H,20,23). The molecule has 24 heavy (non-hydrogen) atoms. The second-order valence-corrected chi connectivity index (χ2v) is 8.25. The number of thioether (sulfide) groups is 1. The fraction of sp³-hybridized carbons (Fsp3) is 0.529. The number of carbonyl (C=O) groups excluding carboxylic acids is 2. The molecule has 0 aliphatic carbocycles. The van der Waals surface area contributed by atoms with E-state index in [1.54, 1.807) is 22.7 Å². The molecule has 2 amide bonds. The zero-order chi connectivity index (χ0) is 16.9. The summed E-state index contributed by atoms with van der Waals surface area (Å²) in [6.07, 6.45) is 1.86. The molecule has 3 aliphatic rings. The number of fused-ring (bicyclic) bond motifs is 2.